The van der Waals surface area contributed by atoms with Gasteiger partial charge in [-0.15, -0.1) is 0 Å². The number of hydrogen-bond acceptors (Lipinski definition) is 2. The Morgan fingerprint density at radius 3 is 2.64 bits per heavy atom. The van der Waals surface area contributed by atoms with Gasteiger partial charge >= 0.3 is 0 Å². The third-order valence-electron chi connectivity index (χ3n) is 2.90. The van der Waals surface area contributed by atoms with Crippen molar-refractivity contribution in [3.8, 4) is 6.07 Å². The third kappa shape index (κ3) is 3.76. The lowest BCUT2D eigenvalue weighted by molar-refractivity contribution is -0.112. The normalized spacial score (nSPS) is 10.9. The Bertz CT molecular complexity index is 791. The van der Waals surface area contributed by atoms with E-state index in [1.54, 1.807) is 24.3 Å². The number of nitrogens with one attached hydrogen (secondary N) is 1. The number of carbonyl (C=O) groups is 1. The zero-order valence-corrected chi connectivity index (χ0v) is 11.7. The lowest BCUT2D eigenvalue weighted by Crippen LogP contribution is -2.13. The van der Waals surface area contributed by atoms with Crippen molar-refractivity contribution in [2.24, 2.45) is 0 Å². The molecule has 2 rings (SSSR count). The Morgan fingerprint density at radius 2 is 2.00 bits per heavy atom. The van der Waals surface area contributed by atoms with E-state index in [0.29, 0.717) is 11.8 Å². The molecule has 2 aromatic rings. The van der Waals surface area contributed by atoms with E-state index in [1.165, 1.54) is 6.07 Å². The maximum Gasteiger partial charge on any atom is 0.266 e. The highest BCUT2D eigenvalue weighted by molar-refractivity contribution is 6.09. The molecule has 22 heavy (non-hydrogen) atoms. The quantitative estimate of drug-likeness (QED) is 0.692. The summed E-state index contributed by atoms with van der Waals surface area (Å²) in [5.41, 5.74) is 1.18. The van der Waals surface area contributed by atoms with Crippen molar-refractivity contribution in [3.05, 3.63) is 70.8 Å². The molecule has 1 amide bonds. The molecule has 0 fully saturated rings. The maximum absolute atomic E-state index is 13.6. The van der Waals surface area contributed by atoms with Crippen LogP contribution in [0.25, 0.3) is 6.08 Å². The number of nitriles is 1. The molecule has 110 valence electrons. The Kier molecular flexibility index (Phi) is 4.64. The van der Waals surface area contributed by atoms with E-state index in [9.17, 15) is 13.6 Å². The zero-order chi connectivity index (χ0) is 16.1. The van der Waals surface area contributed by atoms with Crippen LogP contribution < -0.4 is 5.32 Å². The molecule has 5 heteroatoms. The van der Waals surface area contributed by atoms with Gasteiger partial charge in [0.05, 0.1) is 0 Å². The van der Waals surface area contributed by atoms with E-state index < -0.39 is 17.5 Å². The lowest BCUT2D eigenvalue weighted by atomic mass is 10.1. The van der Waals surface area contributed by atoms with Crippen molar-refractivity contribution in [2.45, 2.75) is 6.92 Å². The fourth-order valence-electron chi connectivity index (χ4n) is 1.84. The molecule has 0 aliphatic carbocycles. The Balaban J connectivity index is 2.26. The van der Waals surface area contributed by atoms with Gasteiger partial charge in [-0.25, -0.2) is 8.78 Å². The van der Waals surface area contributed by atoms with Gasteiger partial charge < -0.3 is 5.32 Å². The first-order chi connectivity index (χ1) is 10.5. The van der Waals surface area contributed by atoms with Crippen molar-refractivity contribution >= 4 is 17.7 Å². The van der Waals surface area contributed by atoms with Gasteiger partial charge in [0.2, 0.25) is 0 Å². The monoisotopic (exact) mass is 298 g/mol. The van der Waals surface area contributed by atoms with Crippen LogP contribution in [0.5, 0.6) is 0 Å². The number of anilines is 1. The van der Waals surface area contributed by atoms with Gasteiger partial charge in [-0.1, -0.05) is 12.1 Å². The fourth-order valence-corrected chi connectivity index (χ4v) is 1.84. The van der Waals surface area contributed by atoms with Crippen LogP contribution in [-0.2, 0) is 4.79 Å². The van der Waals surface area contributed by atoms with Crippen LogP contribution in [0.2, 0.25) is 0 Å². The predicted octanol–water partition coefficient (Wildman–Crippen LogP) is 3.82. The van der Waals surface area contributed by atoms with Gasteiger partial charge in [0.15, 0.2) is 0 Å². The molecule has 0 spiro atoms. The predicted molar refractivity (Wildman–Crippen MR) is 79.8 cm³/mol. The molecule has 1 N–H and O–H groups in total. The number of amides is 1. The minimum atomic E-state index is -0.837. The van der Waals surface area contributed by atoms with Crippen molar-refractivity contribution in [1.29, 1.82) is 5.26 Å². The second kappa shape index (κ2) is 6.64. The smallest absolute Gasteiger partial charge is 0.266 e. The molecule has 0 aromatic heterocycles. The average molecular weight is 298 g/mol. The standard InChI is InChI=1S/C17H12F2N2O/c1-11-3-2-4-15(7-11)21-17(22)13(10-20)8-12-5-6-14(18)9-16(12)19/h2-9H,1H3,(H,21,22)/b13-8+. The van der Waals surface area contributed by atoms with Gasteiger partial charge in [-0.2, -0.15) is 5.26 Å². The first kappa shape index (κ1) is 15.4. The highest BCUT2D eigenvalue weighted by Crippen LogP contribution is 2.15. The summed E-state index contributed by atoms with van der Waals surface area (Å²) in [6.07, 6.45) is 1.08. The maximum atomic E-state index is 13.6. The molecule has 3 nitrogen and oxygen atoms in total. The van der Waals surface area contributed by atoms with E-state index in [0.717, 1.165) is 17.7 Å². The molecule has 0 unspecified atom stereocenters. The number of rotatable bonds is 3. The van der Waals surface area contributed by atoms with Crippen molar-refractivity contribution < 1.29 is 13.6 Å². The number of carbonyl (C=O) groups excluding carboxylic acids is 1. The average Bonchev–Trinajstić information content (AvgIpc) is 2.46. The Hall–Kier alpha value is -3.00. The van der Waals surface area contributed by atoms with Gasteiger partial charge in [0.1, 0.15) is 23.3 Å². The van der Waals surface area contributed by atoms with E-state index in [-0.39, 0.29) is 11.1 Å². The van der Waals surface area contributed by atoms with Crippen LogP contribution >= 0.6 is 0 Å². The van der Waals surface area contributed by atoms with Gasteiger partial charge in [-0.05, 0) is 42.8 Å². The van der Waals surface area contributed by atoms with Gasteiger partial charge in [0, 0.05) is 17.3 Å². The molecular formula is C17H12F2N2O. The SMILES string of the molecule is Cc1cccc(NC(=O)/C(C#N)=C/c2ccc(F)cc2F)c1. The molecule has 2 aromatic carbocycles. The summed E-state index contributed by atoms with van der Waals surface area (Å²) in [7, 11) is 0. The Morgan fingerprint density at radius 1 is 1.23 bits per heavy atom. The lowest BCUT2D eigenvalue weighted by Gasteiger charge is -2.05. The number of benzene rings is 2. The molecule has 0 radical (unpaired) electrons. The van der Waals surface area contributed by atoms with Crippen LogP contribution in [0.15, 0.2) is 48.0 Å². The Labute approximate surface area is 126 Å². The van der Waals surface area contributed by atoms with Gasteiger partial charge in [-0.3, -0.25) is 4.79 Å². The first-order valence-electron chi connectivity index (χ1n) is 6.44. The minimum Gasteiger partial charge on any atom is -0.321 e. The van der Waals surface area contributed by atoms with Crippen LogP contribution in [-0.4, -0.2) is 5.91 Å². The molecule has 0 heterocycles. The first-order valence-corrected chi connectivity index (χ1v) is 6.44. The molecule has 0 saturated carbocycles. The fraction of sp³-hybridized carbons (Fsp3) is 0.0588. The van der Waals surface area contributed by atoms with Crippen LogP contribution in [0, 0.1) is 29.9 Å². The van der Waals surface area contributed by atoms with E-state index >= 15 is 0 Å². The van der Waals surface area contributed by atoms with E-state index in [4.69, 9.17) is 5.26 Å². The molecule has 0 atom stereocenters. The largest absolute Gasteiger partial charge is 0.321 e. The van der Waals surface area contributed by atoms with Gasteiger partial charge in [0.25, 0.3) is 5.91 Å². The van der Waals surface area contributed by atoms with Crippen molar-refractivity contribution in [1.82, 2.24) is 0 Å². The summed E-state index contributed by atoms with van der Waals surface area (Å²) in [5.74, 6) is -2.22. The minimum absolute atomic E-state index is 0.0302. The zero-order valence-electron chi connectivity index (χ0n) is 11.7. The second-order valence-corrected chi connectivity index (χ2v) is 4.66. The second-order valence-electron chi connectivity index (χ2n) is 4.66. The van der Waals surface area contributed by atoms with E-state index in [2.05, 4.69) is 5.32 Å². The highest BCUT2D eigenvalue weighted by Gasteiger charge is 2.11. The van der Waals surface area contributed by atoms with Crippen LogP contribution in [0.1, 0.15) is 11.1 Å². The van der Waals surface area contributed by atoms with Crippen LogP contribution in [0.4, 0.5) is 14.5 Å². The number of nitrogens with zero attached hydrogens (tertiary/aromatic N) is 1. The molecule has 0 saturated heterocycles. The molecule has 0 aliphatic rings. The molecule has 0 aliphatic heterocycles. The number of halogens is 2. The summed E-state index contributed by atoms with van der Waals surface area (Å²) < 4.78 is 26.4. The number of hydrogen-bond donors (Lipinski definition) is 1. The summed E-state index contributed by atoms with van der Waals surface area (Å²) in [4.78, 5) is 12.0. The number of aryl methyl sites for hydroxylation is 1. The summed E-state index contributed by atoms with van der Waals surface area (Å²) >= 11 is 0. The molecular weight excluding hydrogens is 286 g/mol. The summed E-state index contributed by atoms with van der Waals surface area (Å²) in [5, 5.41) is 11.6. The van der Waals surface area contributed by atoms with Crippen LogP contribution in [0.3, 0.4) is 0 Å². The van der Waals surface area contributed by atoms with E-state index in [1.807, 2.05) is 13.0 Å². The topological polar surface area (TPSA) is 52.9 Å². The van der Waals surface area contributed by atoms with Crippen molar-refractivity contribution in [3.63, 3.8) is 0 Å². The summed E-state index contributed by atoms with van der Waals surface area (Å²) in [6, 6.07) is 11.7. The van der Waals surface area contributed by atoms with Crippen molar-refractivity contribution in [2.75, 3.05) is 5.32 Å². The molecule has 0 bridgehead atoms. The third-order valence-corrected chi connectivity index (χ3v) is 2.90. The summed E-state index contributed by atoms with van der Waals surface area (Å²) in [6.45, 7) is 1.87. The highest BCUT2D eigenvalue weighted by atomic mass is 19.1.